The third kappa shape index (κ3) is 27.7. The van der Waals surface area contributed by atoms with Crippen LogP contribution in [0, 0.1) is 87.3 Å². The number of ether oxygens (including phenoxy) is 10. The Morgan fingerprint density at radius 2 is 0.670 bits per heavy atom. The number of nitrogens with zero attached hydrogens (tertiary/aromatic N) is 3. The zero-order valence-electron chi connectivity index (χ0n) is 53.3. The van der Waals surface area contributed by atoms with Crippen molar-refractivity contribution in [2.75, 3.05) is 87.9 Å². The molecule has 0 amide bonds. The van der Waals surface area contributed by atoms with Gasteiger partial charge in [0.05, 0.1) is 160 Å². The highest BCUT2D eigenvalue weighted by atomic mass is 35.5. The molecule has 6 rings (SSSR count). The first-order valence-electron chi connectivity index (χ1n) is 29.3. The predicted octanol–water partition coefficient (Wildman–Crippen LogP) is 13.1. The van der Waals surface area contributed by atoms with Crippen LogP contribution in [0.25, 0.3) is 0 Å². The quantitative estimate of drug-likeness (QED) is 0.0294. The number of methoxy groups -OCH3 is 4. The second kappa shape index (κ2) is 43.3. The lowest BCUT2D eigenvalue weighted by molar-refractivity contribution is -0.141. The first-order chi connectivity index (χ1) is 45.5. The Labute approximate surface area is 565 Å². The van der Waals surface area contributed by atoms with E-state index in [9.17, 15) is 19.5 Å². The monoisotopic (exact) mass is 1340 g/mol. The summed E-state index contributed by atoms with van der Waals surface area (Å²) in [4.78, 5) is 34.3. The molecule has 6 aromatic rings. The standard InChI is InChI=1S/C25H26ClNO5.2C24H24ClNO5/c1-4-5-20(12-25(28)30-3)19-6-9-22(10-7-19)31-16-18(15-29-2)17-32-23-11-8-21(14-27)24(26)13-23;1-3-4-19(11-24(27)28)18-5-8-21(9-6-18)30-15-17(14-29-2)16-31-22-10-7-20(13-26)23(25)12-22;1-3-4-19(11-24(28)29-2)18-5-8-21(9-6-18)30-15-17(14-27)16-31-22-10-7-20(13-26)23(25)12-22/h6-11,13,18,20H,12,15-17H2,1-3H3;5-10,12,17,19H,11,14-16H2,1-2H3,(H,27,28);5-10,12,17,19,27H,11,14-16H2,1-2H3. The molecule has 94 heavy (non-hydrogen) atoms. The molecule has 0 fully saturated rings. The molecule has 0 saturated carbocycles. The van der Waals surface area contributed by atoms with Crippen LogP contribution in [0.4, 0.5) is 0 Å². The molecule has 492 valence electrons. The first-order valence-corrected chi connectivity index (χ1v) is 30.5. The van der Waals surface area contributed by atoms with Crippen LogP contribution in [0.15, 0.2) is 127 Å². The Bertz CT molecular complexity index is 3700. The molecule has 0 aliphatic rings. The van der Waals surface area contributed by atoms with E-state index in [1.807, 2.05) is 66.7 Å². The van der Waals surface area contributed by atoms with Crippen LogP contribution in [0.2, 0.25) is 15.1 Å². The van der Waals surface area contributed by atoms with Crippen molar-refractivity contribution in [1.29, 1.82) is 15.8 Å². The van der Waals surface area contributed by atoms with Crippen molar-refractivity contribution in [1.82, 2.24) is 0 Å². The van der Waals surface area contributed by atoms with Gasteiger partial charge in [-0.1, -0.05) is 89.0 Å². The Morgan fingerprint density at radius 3 is 0.904 bits per heavy atom. The highest BCUT2D eigenvalue weighted by Crippen LogP contribution is 2.29. The van der Waals surface area contributed by atoms with E-state index in [-0.39, 0.29) is 86.5 Å². The maximum absolute atomic E-state index is 11.6. The van der Waals surface area contributed by atoms with Crippen molar-refractivity contribution >= 4 is 52.7 Å². The van der Waals surface area contributed by atoms with E-state index in [1.54, 1.807) is 114 Å². The number of carbonyl (C=O) groups is 3. The maximum Gasteiger partial charge on any atom is 0.307 e. The van der Waals surface area contributed by atoms with Gasteiger partial charge in [-0.05, 0) is 110 Å². The number of carboxylic acid groups (broad SMARTS) is 1. The van der Waals surface area contributed by atoms with Gasteiger partial charge >= 0.3 is 17.9 Å². The van der Waals surface area contributed by atoms with Crippen molar-refractivity contribution in [2.45, 2.75) is 57.8 Å². The fraction of sp³-hybridized carbons (Fsp3) is 0.342. The van der Waals surface area contributed by atoms with E-state index >= 15 is 0 Å². The summed E-state index contributed by atoms with van der Waals surface area (Å²) in [5.74, 6) is 18.5. The summed E-state index contributed by atoms with van der Waals surface area (Å²) in [5.41, 5.74) is 3.82. The molecule has 0 spiro atoms. The second-order valence-corrected chi connectivity index (χ2v) is 21.7. The van der Waals surface area contributed by atoms with E-state index in [4.69, 9.17) is 103 Å². The highest BCUT2D eigenvalue weighted by Gasteiger charge is 2.20. The summed E-state index contributed by atoms with van der Waals surface area (Å²) in [6, 6.07) is 42.7. The number of aliphatic hydroxyl groups is 1. The fourth-order valence-electron chi connectivity index (χ4n) is 8.57. The molecule has 6 aromatic carbocycles. The number of hydrogen-bond acceptors (Lipinski definition) is 17. The molecule has 6 atom stereocenters. The van der Waals surface area contributed by atoms with Crippen LogP contribution in [0.1, 0.15) is 91.2 Å². The molecular weight excluding hydrogens is 1270 g/mol. The van der Waals surface area contributed by atoms with Crippen LogP contribution in [-0.2, 0) is 33.3 Å². The molecule has 0 heterocycles. The van der Waals surface area contributed by atoms with Gasteiger partial charge < -0.3 is 57.6 Å². The van der Waals surface area contributed by atoms with Gasteiger partial charge in [0.15, 0.2) is 0 Å². The predicted molar refractivity (Wildman–Crippen MR) is 356 cm³/mol. The highest BCUT2D eigenvalue weighted by molar-refractivity contribution is 6.32. The number of aliphatic hydroxyl groups excluding tert-OH is 1. The van der Waals surface area contributed by atoms with E-state index in [2.05, 4.69) is 35.5 Å². The lowest BCUT2D eigenvalue weighted by atomic mass is 9.96. The van der Waals surface area contributed by atoms with Crippen molar-refractivity contribution < 1.29 is 72.0 Å². The van der Waals surface area contributed by atoms with Gasteiger partial charge in [-0.25, -0.2) is 0 Å². The number of esters is 2. The van der Waals surface area contributed by atoms with Crippen molar-refractivity contribution in [3.63, 3.8) is 0 Å². The number of carboxylic acids is 1. The van der Waals surface area contributed by atoms with Crippen molar-refractivity contribution in [3.8, 4) is 88.2 Å². The van der Waals surface area contributed by atoms with E-state index < -0.39 is 5.97 Å². The minimum atomic E-state index is -0.890. The molecule has 0 aromatic heterocycles. The Hall–Kier alpha value is -9.57. The van der Waals surface area contributed by atoms with Gasteiger partial charge in [-0.2, -0.15) is 15.8 Å². The molecule has 0 saturated heterocycles. The van der Waals surface area contributed by atoms with Crippen LogP contribution in [0.3, 0.4) is 0 Å². The third-order valence-electron chi connectivity index (χ3n) is 13.5. The van der Waals surface area contributed by atoms with E-state index in [0.29, 0.717) is 106 Å². The van der Waals surface area contributed by atoms with Gasteiger partial charge in [-0.3, -0.25) is 14.4 Å². The maximum atomic E-state index is 11.6. The number of carbonyl (C=O) groups excluding carboxylic acids is 2. The Balaban J connectivity index is 0.000000300. The normalized spacial score (nSPS) is 12.0. The minimum absolute atomic E-state index is 0.0212. The number of hydrogen-bond donors (Lipinski definition) is 2. The summed E-state index contributed by atoms with van der Waals surface area (Å²) >= 11 is 18.1. The average molecular weight is 1340 g/mol. The van der Waals surface area contributed by atoms with Gasteiger partial charge in [0.1, 0.15) is 52.7 Å². The van der Waals surface area contributed by atoms with Gasteiger partial charge in [0.2, 0.25) is 0 Å². The zero-order chi connectivity index (χ0) is 68.6. The summed E-state index contributed by atoms with van der Waals surface area (Å²) in [7, 11) is 5.95. The van der Waals surface area contributed by atoms with Crippen molar-refractivity contribution in [2.24, 2.45) is 17.8 Å². The molecule has 0 bridgehead atoms. The second-order valence-electron chi connectivity index (χ2n) is 20.5. The van der Waals surface area contributed by atoms with Crippen LogP contribution >= 0.6 is 34.8 Å². The summed E-state index contributed by atoms with van der Waals surface area (Å²) in [5, 5.41) is 46.5. The molecule has 2 N–H and O–H groups in total. The third-order valence-corrected chi connectivity index (χ3v) is 14.5. The van der Waals surface area contributed by atoms with E-state index in [1.165, 1.54) is 14.2 Å². The molecule has 21 heteroatoms. The van der Waals surface area contributed by atoms with Gasteiger partial charge in [0.25, 0.3) is 0 Å². The number of aliphatic carboxylic acids is 1. The Kier molecular flexibility index (Phi) is 35.4. The first kappa shape index (κ1) is 76.9. The molecule has 0 aliphatic heterocycles. The van der Waals surface area contributed by atoms with Crippen molar-refractivity contribution in [3.05, 3.63) is 176 Å². The Morgan fingerprint density at radius 1 is 0.404 bits per heavy atom. The molecular formula is C73H74Cl3N3O15. The molecule has 0 aliphatic carbocycles. The largest absolute Gasteiger partial charge is 0.493 e. The number of halogens is 3. The summed E-state index contributed by atoms with van der Waals surface area (Å²) in [6.45, 7) is 7.88. The number of benzene rings is 6. The van der Waals surface area contributed by atoms with Crippen LogP contribution < -0.4 is 28.4 Å². The fourth-order valence-corrected chi connectivity index (χ4v) is 9.21. The van der Waals surface area contributed by atoms with Gasteiger partial charge in [0, 0.05) is 32.4 Å². The van der Waals surface area contributed by atoms with Crippen LogP contribution in [0.5, 0.6) is 34.5 Å². The smallest absolute Gasteiger partial charge is 0.307 e. The van der Waals surface area contributed by atoms with E-state index in [0.717, 1.165) is 16.7 Å². The molecule has 0 radical (unpaired) electrons. The topological polar surface area (TPSA) is 255 Å². The van der Waals surface area contributed by atoms with Crippen LogP contribution in [-0.4, -0.2) is 116 Å². The SMILES string of the molecule is CC#CC(CC(=O)O)c1ccc(OCC(COC)COc2ccc(C#N)c(Cl)c2)cc1.CC#CC(CC(=O)OC)c1ccc(OCC(CO)COc2ccc(C#N)c(Cl)c2)cc1.CC#CC(CC(=O)OC)c1ccc(OCC(COC)COc2ccc(C#N)c(Cl)c2)cc1. The lowest BCUT2D eigenvalue weighted by Crippen LogP contribution is -2.24. The average Bonchev–Trinajstić information content (AvgIpc) is 1.16. The van der Waals surface area contributed by atoms with Gasteiger partial charge in [-0.15, -0.1) is 17.8 Å². The summed E-state index contributed by atoms with van der Waals surface area (Å²) < 4.78 is 54.8. The lowest BCUT2D eigenvalue weighted by Gasteiger charge is -2.18. The number of rotatable bonds is 32. The molecule has 6 unspecified atom stereocenters. The number of nitriles is 3. The molecule has 18 nitrogen and oxygen atoms in total. The summed E-state index contributed by atoms with van der Waals surface area (Å²) in [6.07, 6.45) is 0.332. The minimum Gasteiger partial charge on any atom is -0.493 e. The zero-order valence-corrected chi connectivity index (χ0v) is 55.5.